The SMILES string of the molecule is CCC(N)(CO)CCCn1ccnc1C(C)C. The summed E-state index contributed by atoms with van der Waals surface area (Å²) >= 11 is 0. The third-order valence-electron chi connectivity index (χ3n) is 3.36. The zero-order chi connectivity index (χ0) is 12.9. The monoisotopic (exact) mass is 239 g/mol. The Bertz CT molecular complexity index is 329. The van der Waals surface area contributed by atoms with Crippen LogP contribution in [0.5, 0.6) is 0 Å². The van der Waals surface area contributed by atoms with E-state index in [4.69, 9.17) is 5.73 Å². The van der Waals surface area contributed by atoms with Crippen LogP contribution in [0.25, 0.3) is 0 Å². The molecule has 4 heteroatoms. The van der Waals surface area contributed by atoms with Gasteiger partial charge in [0.2, 0.25) is 0 Å². The molecule has 0 radical (unpaired) electrons. The van der Waals surface area contributed by atoms with Crippen LogP contribution in [0.1, 0.15) is 51.8 Å². The maximum atomic E-state index is 9.24. The molecule has 0 amide bonds. The number of aliphatic hydroxyl groups excluding tert-OH is 1. The molecular weight excluding hydrogens is 214 g/mol. The van der Waals surface area contributed by atoms with Crippen LogP contribution < -0.4 is 5.73 Å². The van der Waals surface area contributed by atoms with Gasteiger partial charge in [0.05, 0.1) is 6.61 Å². The van der Waals surface area contributed by atoms with Crippen molar-refractivity contribution in [1.29, 1.82) is 0 Å². The average Bonchev–Trinajstić information content (AvgIpc) is 2.77. The first-order chi connectivity index (χ1) is 8.02. The smallest absolute Gasteiger partial charge is 0.111 e. The number of hydrogen-bond donors (Lipinski definition) is 2. The molecule has 0 saturated heterocycles. The van der Waals surface area contributed by atoms with E-state index in [-0.39, 0.29) is 6.61 Å². The highest BCUT2D eigenvalue weighted by molar-refractivity contribution is 4.97. The van der Waals surface area contributed by atoms with E-state index in [1.54, 1.807) is 0 Å². The van der Waals surface area contributed by atoms with Gasteiger partial charge in [-0.3, -0.25) is 0 Å². The second kappa shape index (κ2) is 6.17. The normalized spacial score (nSPS) is 15.2. The Kier molecular flexibility index (Phi) is 5.15. The Labute approximate surface area is 104 Å². The molecule has 0 spiro atoms. The minimum Gasteiger partial charge on any atom is -0.394 e. The fourth-order valence-electron chi connectivity index (χ4n) is 1.98. The molecule has 1 aromatic rings. The number of hydrogen-bond acceptors (Lipinski definition) is 3. The van der Waals surface area contributed by atoms with E-state index < -0.39 is 5.54 Å². The Balaban J connectivity index is 2.48. The Morgan fingerprint density at radius 3 is 2.76 bits per heavy atom. The third-order valence-corrected chi connectivity index (χ3v) is 3.36. The van der Waals surface area contributed by atoms with Crippen molar-refractivity contribution >= 4 is 0 Å². The molecule has 0 bridgehead atoms. The van der Waals surface area contributed by atoms with Gasteiger partial charge >= 0.3 is 0 Å². The maximum Gasteiger partial charge on any atom is 0.111 e. The van der Waals surface area contributed by atoms with Gasteiger partial charge in [-0.05, 0) is 19.3 Å². The molecule has 0 aliphatic rings. The van der Waals surface area contributed by atoms with Crippen LogP contribution in [-0.4, -0.2) is 26.8 Å². The minimum atomic E-state index is -0.418. The summed E-state index contributed by atoms with van der Waals surface area (Å²) < 4.78 is 2.18. The van der Waals surface area contributed by atoms with Crippen LogP contribution in [0.2, 0.25) is 0 Å². The number of nitrogens with two attached hydrogens (primary N) is 1. The molecule has 1 rings (SSSR count). The molecule has 0 saturated carbocycles. The number of nitrogens with zero attached hydrogens (tertiary/aromatic N) is 2. The largest absolute Gasteiger partial charge is 0.394 e. The second-order valence-electron chi connectivity index (χ2n) is 5.11. The molecule has 0 fully saturated rings. The molecule has 17 heavy (non-hydrogen) atoms. The highest BCUT2D eigenvalue weighted by Gasteiger charge is 2.20. The molecule has 0 aliphatic carbocycles. The van der Waals surface area contributed by atoms with Crippen molar-refractivity contribution in [3.63, 3.8) is 0 Å². The fraction of sp³-hybridized carbons (Fsp3) is 0.769. The Hall–Kier alpha value is -0.870. The molecule has 0 aromatic carbocycles. The molecule has 1 atom stereocenters. The number of rotatable bonds is 7. The Morgan fingerprint density at radius 1 is 1.53 bits per heavy atom. The number of imidazole rings is 1. The quantitative estimate of drug-likeness (QED) is 0.763. The van der Waals surface area contributed by atoms with Crippen LogP contribution in [0.4, 0.5) is 0 Å². The predicted molar refractivity (Wildman–Crippen MR) is 69.8 cm³/mol. The van der Waals surface area contributed by atoms with E-state index in [1.807, 2.05) is 19.3 Å². The van der Waals surface area contributed by atoms with Crippen molar-refractivity contribution in [2.75, 3.05) is 6.61 Å². The molecule has 1 aromatic heterocycles. The van der Waals surface area contributed by atoms with Crippen LogP contribution in [-0.2, 0) is 6.54 Å². The Morgan fingerprint density at radius 2 is 2.24 bits per heavy atom. The van der Waals surface area contributed by atoms with E-state index in [0.717, 1.165) is 31.6 Å². The second-order valence-corrected chi connectivity index (χ2v) is 5.11. The maximum absolute atomic E-state index is 9.24. The van der Waals surface area contributed by atoms with Crippen molar-refractivity contribution in [3.05, 3.63) is 18.2 Å². The van der Waals surface area contributed by atoms with E-state index >= 15 is 0 Å². The highest BCUT2D eigenvalue weighted by atomic mass is 16.3. The van der Waals surface area contributed by atoms with Crippen molar-refractivity contribution in [2.45, 2.75) is 58.0 Å². The molecule has 1 unspecified atom stereocenters. The minimum absolute atomic E-state index is 0.0600. The molecule has 98 valence electrons. The highest BCUT2D eigenvalue weighted by Crippen LogP contribution is 2.16. The lowest BCUT2D eigenvalue weighted by atomic mass is 9.93. The van der Waals surface area contributed by atoms with Gasteiger partial charge in [-0.25, -0.2) is 4.98 Å². The van der Waals surface area contributed by atoms with Crippen LogP contribution >= 0.6 is 0 Å². The van der Waals surface area contributed by atoms with Crippen LogP contribution in [0.15, 0.2) is 12.4 Å². The van der Waals surface area contributed by atoms with Crippen molar-refractivity contribution in [3.8, 4) is 0 Å². The molecule has 1 heterocycles. The van der Waals surface area contributed by atoms with E-state index in [1.165, 1.54) is 0 Å². The van der Waals surface area contributed by atoms with E-state index in [9.17, 15) is 5.11 Å². The van der Waals surface area contributed by atoms with E-state index in [2.05, 4.69) is 23.4 Å². The van der Waals surface area contributed by atoms with Gasteiger partial charge in [0.25, 0.3) is 0 Å². The van der Waals surface area contributed by atoms with Gasteiger partial charge in [-0.15, -0.1) is 0 Å². The number of aryl methyl sites for hydroxylation is 1. The lowest BCUT2D eigenvalue weighted by molar-refractivity contribution is 0.178. The third kappa shape index (κ3) is 3.82. The number of aromatic nitrogens is 2. The summed E-state index contributed by atoms with van der Waals surface area (Å²) in [6.07, 6.45) is 6.48. The molecule has 0 aliphatic heterocycles. The zero-order valence-corrected chi connectivity index (χ0v) is 11.2. The van der Waals surface area contributed by atoms with Crippen LogP contribution in [0.3, 0.4) is 0 Å². The topological polar surface area (TPSA) is 64.1 Å². The first-order valence-corrected chi connectivity index (χ1v) is 6.43. The standard InChI is InChI=1S/C13H25N3O/c1-4-13(14,10-17)6-5-8-16-9-7-15-12(16)11(2)3/h7,9,11,17H,4-6,8,10,14H2,1-3H3. The number of aliphatic hydroxyl groups is 1. The van der Waals surface area contributed by atoms with Gasteiger partial charge in [0.15, 0.2) is 0 Å². The zero-order valence-electron chi connectivity index (χ0n) is 11.2. The van der Waals surface area contributed by atoms with Crippen LogP contribution in [0, 0.1) is 0 Å². The van der Waals surface area contributed by atoms with Crippen molar-refractivity contribution in [1.82, 2.24) is 9.55 Å². The first-order valence-electron chi connectivity index (χ1n) is 6.43. The van der Waals surface area contributed by atoms with Gasteiger partial charge in [0.1, 0.15) is 5.82 Å². The molecule has 4 nitrogen and oxygen atoms in total. The van der Waals surface area contributed by atoms with Crippen molar-refractivity contribution in [2.24, 2.45) is 5.73 Å². The summed E-state index contributed by atoms with van der Waals surface area (Å²) in [6, 6.07) is 0. The van der Waals surface area contributed by atoms with Crippen molar-refractivity contribution < 1.29 is 5.11 Å². The lowest BCUT2D eigenvalue weighted by Crippen LogP contribution is -2.43. The summed E-state index contributed by atoms with van der Waals surface area (Å²) in [5, 5.41) is 9.24. The lowest BCUT2D eigenvalue weighted by Gasteiger charge is -2.25. The van der Waals surface area contributed by atoms with E-state index in [0.29, 0.717) is 5.92 Å². The molecular formula is C13H25N3O. The summed E-state index contributed by atoms with van der Waals surface area (Å²) in [4.78, 5) is 4.35. The van der Waals surface area contributed by atoms with Gasteiger partial charge in [-0.2, -0.15) is 0 Å². The summed E-state index contributed by atoms with van der Waals surface area (Å²) in [7, 11) is 0. The van der Waals surface area contributed by atoms with Gasteiger partial charge in [0, 0.05) is 30.4 Å². The summed E-state index contributed by atoms with van der Waals surface area (Å²) in [6.45, 7) is 7.29. The molecule has 3 N–H and O–H groups in total. The van der Waals surface area contributed by atoms with Gasteiger partial charge < -0.3 is 15.4 Å². The summed E-state index contributed by atoms with van der Waals surface area (Å²) in [5.74, 6) is 1.56. The first kappa shape index (κ1) is 14.2. The summed E-state index contributed by atoms with van der Waals surface area (Å²) in [5.41, 5.74) is 5.64. The average molecular weight is 239 g/mol. The fourth-order valence-corrected chi connectivity index (χ4v) is 1.98. The predicted octanol–water partition coefficient (Wildman–Crippen LogP) is 1.89. The van der Waals surface area contributed by atoms with Gasteiger partial charge in [-0.1, -0.05) is 20.8 Å².